The lowest BCUT2D eigenvalue weighted by atomic mass is 10.0. The number of halogens is 2. The number of ether oxygens (including phenoxy) is 1. The van der Waals surface area contributed by atoms with Crippen LogP contribution in [0.2, 0.25) is 5.02 Å². The van der Waals surface area contributed by atoms with Crippen molar-refractivity contribution in [2.24, 2.45) is 0 Å². The molecule has 0 saturated heterocycles. The van der Waals surface area contributed by atoms with Gasteiger partial charge in [-0.05, 0) is 29.3 Å². The zero-order valence-corrected chi connectivity index (χ0v) is 11.2. The maximum Gasteiger partial charge on any atom is 0.142 e. The Hall–Kier alpha value is -1.58. The van der Waals surface area contributed by atoms with E-state index in [-0.39, 0.29) is 11.4 Å². The summed E-state index contributed by atoms with van der Waals surface area (Å²) in [7, 11) is 1.58. The van der Waals surface area contributed by atoms with E-state index in [9.17, 15) is 9.50 Å². The molecule has 19 heavy (non-hydrogen) atoms. The lowest BCUT2D eigenvalue weighted by Gasteiger charge is -2.13. The molecule has 0 radical (unpaired) electrons. The first-order valence-corrected chi connectivity index (χ1v) is 6.24. The fourth-order valence-electron chi connectivity index (χ4n) is 1.86. The summed E-state index contributed by atoms with van der Waals surface area (Å²) in [4.78, 5) is 0. The van der Waals surface area contributed by atoms with Gasteiger partial charge in [-0.2, -0.15) is 0 Å². The Morgan fingerprint density at radius 2 is 1.89 bits per heavy atom. The molecule has 0 spiro atoms. The largest absolute Gasteiger partial charge is 0.497 e. The highest BCUT2D eigenvalue weighted by molar-refractivity contribution is 6.31. The van der Waals surface area contributed by atoms with Crippen molar-refractivity contribution in [3.63, 3.8) is 0 Å². The lowest BCUT2D eigenvalue weighted by molar-refractivity contribution is 0.178. The number of rotatable bonds is 4. The Kier molecular flexibility index (Phi) is 4.40. The van der Waals surface area contributed by atoms with Crippen LogP contribution in [-0.4, -0.2) is 12.2 Å². The van der Waals surface area contributed by atoms with Crippen molar-refractivity contribution in [1.29, 1.82) is 0 Å². The Morgan fingerprint density at radius 3 is 2.53 bits per heavy atom. The van der Waals surface area contributed by atoms with E-state index in [1.807, 2.05) is 0 Å². The molecule has 0 heterocycles. The van der Waals surface area contributed by atoms with Crippen LogP contribution in [-0.2, 0) is 6.42 Å². The van der Waals surface area contributed by atoms with Crippen LogP contribution in [0.5, 0.6) is 5.75 Å². The molecule has 1 N–H and O–H groups in total. The molecule has 0 aliphatic heterocycles. The second-order valence-electron chi connectivity index (χ2n) is 4.21. The van der Waals surface area contributed by atoms with Gasteiger partial charge in [-0.25, -0.2) is 4.39 Å². The summed E-state index contributed by atoms with van der Waals surface area (Å²) in [5, 5.41) is 10.2. The summed E-state index contributed by atoms with van der Waals surface area (Å²) in [6.45, 7) is 0. The monoisotopic (exact) mass is 280 g/mol. The van der Waals surface area contributed by atoms with Crippen LogP contribution in [0.15, 0.2) is 42.5 Å². The topological polar surface area (TPSA) is 29.5 Å². The molecule has 1 unspecified atom stereocenters. The molecule has 0 aromatic heterocycles. The normalized spacial score (nSPS) is 12.2. The van der Waals surface area contributed by atoms with Crippen LogP contribution in [0.25, 0.3) is 0 Å². The second-order valence-corrected chi connectivity index (χ2v) is 4.58. The van der Waals surface area contributed by atoms with Gasteiger partial charge < -0.3 is 9.84 Å². The lowest BCUT2D eigenvalue weighted by Crippen LogP contribution is -2.03. The van der Waals surface area contributed by atoms with Crippen LogP contribution in [0.3, 0.4) is 0 Å². The van der Waals surface area contributed by atoms with E-state index >= 15 is 0 Å². The molecule has 0 bridgehead atoms. The number of aliphatic hydroxyl groups is 1. The van der Waals surface area contributed by atoms with Gasteiger partial charge >= 0.3 is 0 Å². The highest BCUT2D eigenvalue weighted by atomic mass is 35.5. The van der Waals surface area contributed by atoms with Crippen LogP contribution < -0.4 is 4.74 Å². The van der Waals surface area contributed by atoms with E-state index in [1.54, 1.807) is 43.5 Å². The molecule has 2 aromatic rings. The van der Waals surface area contributed by atoms with Gasteiger partial charge in [-0.1, -0.05) is 35.9 Å². The van der Waals surface area contributed by atoms with Crippen molar-refractivity contribution in [3.8, 4) is 5.75 Å². The van der Waals surface area contributed by atoms with Crippen molar-refractivity contribution in [3.05, 3.63) is 64.4 Å². The molecule has 0 amide bonds. The third-order valence-corrected chi connectivity index (χ3v) is 3.37. The first-order valence-electron chi connectivity index (χ1n) is 5.86. The summed E-state index contributed by atoms with van der Waals surface area (Å²) in [6.07, 6.45) is -0.465. The van der Waals surface area contributed by atoms with E-state index in [0.29, 0.717) is 5.56 Å². The fourth-order valence-corrected chi connectivity index (χ4v) is 2.06. The Morgan fingerprint density at radius 1 is 1.21 bits per heavy atom. The molecule has 0 saturated carbocycles. The smallest absolute Gasteiger partial charge is 0.142 e. The summed E-state index contributed by atoms with van der Waals surface area (Å²) < 4.78 is 18.4. The van der Waals surface area contributed by atoms with E-state index in [4.69, 9.17) is 16.3 Å². The van der Waals surface area contributed by atoms with Gasteiger partial charge in [-0.3, -0.25) is 0 Å². The van der Waals surface area contributed by atoms with Gasteiger partial charge in [0.2, 0.25) is 0 Å². The van der Waals surface area contributed by atoms with E-state index in [2.05, 4.69) is 0 Å². The number of aliphatic hydroxyl groups excluding tert-OH is 1. The average molecular weight is 281 g/mol. The standard InChI is InChI=1S/C15H14ClFO2/c1-19-12-7-5-10(6-8-12)14(18)9-11-3-2-4-13(17)15(11)16/h2-8,14,18H,9H2,1H3. The van der Waals surface area contributed by atoms with Gasteiger partial charge in [0.05, 0.1) is 18.2 Å². The van der Waals surface area contributed by atoms with Crippen LogP contribution >= 0.6 is 11.6 Å². The minimum absolute atomic E-state index is 0.0649. The van der Waals surface area contributed by atoms with Crippen LogP contribution in [0.1, 0.15) is 17.2 Å². The summed E-state index contributed by atoms with van der Waals surface area (Å²) in [6, 6.07) is 11.7. The molecular weight excluding hydrogens is 267 g/mol. The Bertz CT molecular complexity index is 555. The number of hydrogen-bond acceptors (Lipinski definition) is 2. The van der Waals surface area contributed by atoms with E-state index < -0.39 is 11.9 Å². The highest BCUT2D eigenvalue weighted by Gasteiger charge is 2.13. The Balaban J connectivity index is 2.15. The third-order valence-electron chi connectivity index (χ3n) is 2.95. The van der Waals surface area contributed by atoms with Crippen molar-refractivity contribution in [1.82, 2.24) is 0 Å². The van der Waals surface area contributed by atoms with Gasteiger partial charge in [0.15, 0.2) is 0 Å². The highest BCUT2D eigenvalue weighted by Crippen LogP contribution is 2.26. The molecule has 0 aliphatic carbocycles. The SMILES string of the molecule is COc1ccc(C(O)Cc2cccc(F)c2Cl)cc1. The maximum atomic E-state index is 13.3. The molecular formula is C15H14ClFO2. The Labute approximate surface area is 116 Å². The molecule has 0 fully saturated rings. The van der Waals surface area contributed by atoms with Crippen molar-refractivity contribution >= 4 is 11.6 Å². The van der Waals surface area contributed by atoms with Crippen molar-refractivity contribution in [2.45, 2.75) is 12.5 Å². The molecule has 2 rings (SSSR count). The number of methoxy groups -OCH3 is 1. The minimum Gasteiger partial charge on any atom is -0.497 e. The first kappa shape index (κ1) is 13.8. The van der Waals surface area contributed by atoms with Gasteiger partial charge in [-0.15, -0.1) is 0 Å². The number of benzene rings is 2. The second kappa shape index (κ2) is 6.04. The van der Waals surface area contributed by atoms with E-state index in [0.717, 1.165) is 11.3 Å². The maximum absolute atomic E-state index is 13.3. The zero-order valence-electron chi connectivity index (χ0n) is 10.4. The zero-order chi connectivity index (χ0) is 13.8. The third kappa shape index (κ3) is 3.25. The predicted molar refractivity (Wildman–Crippen MR) is 73.1 cm³/mol. The molecule has 100 valence electrons. The predicted octanol–water partition coefficient (Wildman–Crippen LogP) is 3.76. The van der Waals surface area contributed by atoms with Crippen LogP contribution in [0, 0.1) is 5.82 Å². The molecule has 4 heteroatoms. The average Bonchev–Trinajstić information content (AvgIpc) is 2.44. The molecule has 2 nitrogen and oxygen atoms in total. The summed E-state index contributed by atoms with van der Waals surface area (Å²) >= 11 is 5.87. The quantitative estimate of drug-likeness (QED) is 0.924. The summed E-state index contributed by atoms with van der Waals surface area (Å²) in [5.74, 6) is 0.251. The number of hydrogen-bond donors (Lipinski definition) is 1. The van der Waals surface area contributed by atoms with Crippen molar-refractivity contribution < 1.29 is 14.2 Å². The molecule has 0 aliphatic rings. The molecule has 1 atom stereocenters. The van der Waals surface area contributed by atoms with Gasteiger partial charge in [0.25, 0.3) is 0 Å². The minimum atomic E-state index is -0.731. The van der Waals surface area contributed by atoms with Crippen molar-refractivity contribution in [2.75, 3.05) is 7.11 Å². The van der Waals surface area contributed by atoms with Gasteiger partial charge in [0.1, 0.15) is 11.6 Å². The fraction of sp³-hybridized carbons (Fsp3) is 0.200. The van der Waals surface area contributed by atoms with E-state index in [1.165, 1.54) is 6.07 Å². The van der Waals surface area contributed by atoms with Crippen LogP contribution in [0.4, 0.5) is 4.39 Å². The van der Waals surface area contributed by atoms with Gasteiger partial charge in [0, 0.05) is 6.42 Å². The molecule has 2 aromatic carbocycles. The first-order chi connectivity index (χ1) is 9.11. The summed E-state index contributed by atoms with van der Waals surface area (Å²) in [5.41, 5.74) is 1.33.